The van der Waals surface area contributed by atoms with Gasteiger partial charge in [-0.25, -0.2) is 24.4 Å². The molecule has 0 saturated carbocycles. The Kier molecular flexibility index (Phi) is 10.5. The van der Waals surface area contributed by atoms with E-state index >= 15 is 0 Å². The monoisotopic (exact) mass is 664 g/mol. The lowest BCUT2D eigenvalue weighted by molar-refractivity contribution is -0.192. The Bertz CT molecular complexity index is 1540. The molecule has 0 spiro atoms. The first-order valence-corrected chi connectivity index (χ1v) is 14.2. The van der Waals surface area contributed by atoms with Crippen LogP contribution in [0.5, 0.6) is 0 Å². The molecule has 2 aliphatic rings. The van der Waals surface area contributed by atoms with Crippen LogP contribution in [-0.2, 0) is 28.8 Å². The third kappa shape index (κ3) is 8.08. The van der Waals surface area contributed by atoms with Crippen molar-refractivity contribution < 1.29 is 57.3 Å². The summed E-state index contributed by atoms with van der Waals surface area (Å²) in [4.78, 5) is 72.3. The summed E-state index contributed by atoms with van der Waals surface area (Å²) in [6.45, 7) is 1.04. The molecule has 4 heterocycles. The van der Waals surface area contributed by atoms with Crippen molar-refractivity contribution in [2.45, 2.75) is 24.5 Å². The van der Waals surface area contributed by atoms with E-state index in [-0.39, 0.29) is 22.2 Å². The van der Waals surface area contributed by atoms with Crippen molar-refractivity contribution in [3.05, 3.63) is 44.5 Å². The summed E-state index contributed by atoms with van der Waals surface area (Å²) >= 11 is 3.73. The number of hydrogen-bond acceptors (Lipinski definition) is 13. The Morgan fingerprint density at radius 3 is 2.42 bits per heavy atom. The fourth-order valence-electron chi connectivity index (χ4n) is 3.38. The van der Waals surface area contributed by atoms with Crippen LogP contribution in [-0.4, -0.2) is 95.6 Å². The molecule has 0 aliphatic carbocycles. The van der Waals surface area contributed by atoms with E-state index < -0.39 is 53.9 Å². The third-order valence-electron chi connectivity index (χ3n) is 5.27. The van der Waals surface area contributed by atoms with Gasteiger partial charge in [0.15, 0.2) is 10.8 Å². The quantitative estimate of drug-likeness (QED) is 0.145. The van der Waals surface area contributed by atoms with Crippen molar-refractivity contribution in [3.63, 3.8) is 0 Å². The Morgan fingerprint density at radius 1 is 1.23 bits per heavy atom. The minimum Gasteiger partial charge on any atom is -0.479 e. The molecule has 2 atom stereocenters. The van der Waals surface area contributed by atoms with Gasteiger partial charge in [-0.15, -0.1) is 34.4 Å². The molecule has 0 aromatic carbocycles. The fraction of sp³-hybridized carbons (Fsp3) is 0.273. The first-order valence-electron chi connectivity index (χ1n) is 11.3. The maximum absolute atomic E-state index is 12.9. The van der Waals surface area contributed by atoms with Gasteiger partial charge in [0, 0.05) is 16.0 Å². The van der Waals surface area contributed by atoms with Crippen LogP contribution in [0.4, 0.5) is 18.3 Å². The van der Waals surface area contributed by atoms with Crippen molar-refractivity contribution in [1.82, 2.24) is 20.2 Å². The van der Waals surface area contributed by atoms with Crippen LogP contribution in [0.2, 0.25) is 0 Å². The molecule has 2 aromatic heterocycles. The highest BCUT2D eigenvalue weighted by Gasteiger charge is 2.54. The van der Waals surface area contributed by atoms with Crippen LogP contribution in [0, 0.1) is 6.92 Å². The van der Waals surface area contributed by atoms with Crippen LogP contribution >= 0.6 is 34.4 Å². The average Bonchev–Trinajstić information content (AvgIpc) is 3.54. The van der Waals surface area contributed by atoms with E-state index in [2.05, 4.69) is 20.4 Å². The minimum absolute atomic E-state index is 0.0391. The number of thiazole rings is 2. The normalized spacial score (nSPS) is 18.4. The highest BCUT2D eigenvalue weighted by atomic mass is 32.2. The number of hydrogen-bond donors (Lipinski definition) is 5. The van der Waals surface area contributed by atoms with Crippen molar-refractivity contribution in [2.24, 2.45) is 5.16 Å². The number of halogens is 3. The summed E-state index contributed by atoms with van der Waals surface area (Å²) in [5.74, 6) is -6.49. The van der Waals surface area contributed by atoms with Gasteiger partial charge in [0.1, 0.15) is 22.8 Å². The largest absolute Gasteiger partial charge is 0.490 e. The molecule has 21 heteroatoms. The lowest BCUT2D eigenvalue weighted by Crippen LogP contribution is -2.71. The second-order valence-electron chi connectivity index (χ2n) is 8.16. The summed E-state index contributed by atoms with van der Waals surface area (Å²) in [6, 6.07) is -1.04. The van der Waals surface area contributed by atoms with Crippen LogP contribution in [0.25, 0.3) is 6.08 Å². The van der Waals surface area contributed by atoms with Crippen LogP contribution in [0.15, 0.2) is 33.4 Å². The molecular formula is C22H19F3N6O9S3. The van der Waals surface area contributed by atoms with Crippen molar-refractivity contribution >= 4 is 81.1 Å². The van der Waals surface area contributed by atoms with Crippen molar-refractivity contribution in [3.8, 4) is 0 Å². The number of nitrogens with one attached hydrogen (secondary N) is 1. The molecule has 1 unspecified atom stereocenters. The molecule has 1 saturated heterocycles. The molecule has 4 rings (SSSR count). The van der Waals surface area contributed by atoms with Crippen LogP contribution < -0.4 is 11.1 Å². The number of nitrogens with zero attached hydrogens (tertiary/aromatic N) is 4. The number of carboxylic acid groups (broad SMARTS) is 3. The number of alkyl halides is 3. The number of carbonyl (C=O) groups excluding carboxylic acids is 2. The predicted molar refractivity (Wildman–Crippen MR) is 146 cm³/mol. The number of carbonyl (C=O) groups is 5. The molecule has 15 nitrogen and oxygen atoms in total. The zero-order chi connectivity index (χ0) is 32.1. The van der Waals surface area contributed by atoms with Gasteiger partial charge in [0.05, 0.1) is 11.2 Å². The van der Waals surface area contributed by atoms with Gasteiger partial charge < -0.3 is 31.2 Å². The number of fused-ring (bicyclic) bond motifs is 1. The van der Waals surface area contributed by atoms with Crippen LogP contribution in [0.1, 0.15) is 16.3 Å². The highest BCUT2D eigenvalue weighted by molar-refractivity contribution is 8.00. The van der Waals surface area contributed by atoms with Gasteiger partial charge in [-0.2, -0.15) is 13.2 Å². The summed E-state index contributed by atoms with van der Waals surface area (Å²) in [7, 11) is 0. The maximum atomic E-state index is 12.9. The third-order valence-corrected chi connectivity index (χ3v) is 8.14. The zero-order valence-electron chi connectivity index (χ0n) is 21.4. The number of amides is 2. The SMILES string of the molecule is Cc1ncsc1/C=C/C1=C(C(=O)O)N2C(=O)C(NC(=O)/C(=N\OCC(=O)O)c3csc(N)n3)[C@H]2SC1.O=C(O)C(F)(F)F. The van der Waals surface area contributed by atoms with E-state index in [9.17, 15) is 37.5 Å². The second kappa shape index (κ2) is 13.6. The van der Waals surface area contributed by atoms with Gasteiger partial charge in [-0.3, -0.25) is 14.5 Å². The number of nitrogen functional groups attached to an aromatic ring is 1. The lowest BCUT2D eigenvalue weighted by atomic mass is 10.0. The van der Waals surface area contributed by atoms with Crippen molar-refractivity contribution in [1.29, 1.82) is 0 Å². The molecule has 0 bridgehead atoms. The standard InChI is InChI=1S/C20H18N6O7S3.C2HF3O2/c1-8-11(36-7-22-8)3-2-9-5-34-18-14(17(30)26(18)15(9)19(31)32)24-16(29)13(25-33-4-12(27)28)10-6-35-20(21)23-10;3-2(4,5)1(6)7/h2-3,6-7,14,18H,4-5H2,1H3,(H2,21,23)(H,24,29)(H,27,28)(H,31,32);(H,6,7)/b3-2+,25-13-;/t14?,18-;/m1./s1. The molecule has 0 radical (unpaired) electrons. The summed E-state index contributed by atoms with van der Waals surface area (Å²) < 4.78 is 31.7. The van der Waals surface area contributed by atoms with Gasteiger partial charge in [0.2, 0.25) is 6.61 Å². The minimum atomic E-state index is -5.08. The maximum Gasteiger partial charge on any atom is 0.490 e. The zero-order valence-corrected chi connectivity index (χ0v) is 23.8. The van der Waals surface area contributed by atoms with E-state index in [4.69, 9.17) is 25.6 Å². The molecule has 43 heavy (non-hydrogen) atoms. The van der Waals surface area contributed by atoms with Crippen LogP contribution in [0.3, 0.4) is 0 Å². The molecule has 2 amide bonds. The predicted octanol–water partition coefficient (Wildman–Crippen LogP) is 1.38. The topological polar surface area (TPSA) is 235 Å². The number of nitrogens with two attached hydrogens (primary N) is 1. The Balaban J connectivity index is 0.000000646. The highest BCUT2D eigenvalue weighted by Crippen LogP contribution is 2.41. The van der Waals surface area contributed by atoms with Gasteiger partial charge >= 0.3 is 24.1 Å². The van der Waals surface area contributed by atoms with E-state index in [1.165, 1.54) is 28.5 Å². The average molecular weight is 665 g/mol. The number of thioether (sulfide) groups is 1. The summed E-state index contributed by atoms with van der Waals surface area (Å²) in [5, 5.41) is 32.7. The van der Waals surface area contributed by atoms with Gasteiger partial charge in [0.25, 0.3) is 11.8 Å². The van der Waals surface area contributed by atoms with Gasteiger partial charge in [-0.05, 0) is 18.6 Å². The Morgan fingerprint density at radius 2 is 1.91 bits per heavy atom. The van der Waals surface area contributed by atoms with Crippen molar-refractivity contribution in [2.75, 3.05) is 18.1 Å². The number of anilines is 1. The van der Waals surface area contributed by atoms with E-state index in [1.54, 1.807) is 17.7 Å². The molecule has 230 valence electrons. The number of aryl methyl sites for hydroxylation is 1. The Labute approximate surface area is 250 Å². The first-order chi connectivity index (χ1) is 20.1. The number of rotatable bonds is 9. The number of aliphatic carboxylic acids is 3. The fourth-order valence-corrected chi connectivity index (χ4v) is 5.94. The van der Waals surface area contributed by atoms with E-state index in [0.29, 0.717) is 11.3 Å². The molecule has 2 aromatic rings. The van der Waals surface area contributed by atoms with E-state index in [0.717, 1.165) is 26.8 Å². The van der Waals surface area contributed by atoms with E-state index in [1.807, 2.05) is 6.92 Å². The first kappa shape index (κ1) is 33.0. The Hall–Kier alpha value is -4.50. The molecular weight excluding hydrogens is 645 g/mol. The summed E-state index contributed by atoms with van der Waals surface area (Å²) in [5.41, 5.74) is 8.08. The lowest BCUT2D eigenvalue weighted by Gasteiger charge is -2.49. The number of oxime groups is 1. The number of allylic oxidation sites excluding steroid dienone is 1. The molecule has 2 aliphatic heterocycles. The van der Waals surface area contributed by atoms with Gasteiger partial charge in [-0.1, -0.05) is 11.2 Å². The number of aromatic nitrogens is 2. The molecule has 6 N–H and O–H groups in total. The second-order valence-corrected chi connectivity index (χ2v) is 11.0. The number of carboxylic acids is 3. The summed E-state index contributed by atoms with van der Waals surface area (Å²) in [6.07, 6.45) is -1.67. The smallest absolute Gasteiger partial charge is 0.479 e. The number of β-lactam (4-membered cyclic amide) rings is 1. The molecule has 1 fully saturated rings.